The molecule has 8 rings (SSSR count). The number of anilines is 2. The van der Waals surface area contributed by atoms with Crippen LogP contribution in [-0.4, -0.2) is 93.0 Å². The highest BCUT2D eigenvalue weighted by Crippen LogP contribution is 2.32. The molecule has 4 heterocycles. The number of Topliss-reactive ketones (excluding diaryl/α,β-unsaturated/α-hetero) is 1. The van der Waals surface area contributed by atoms with Crippen molar-refractivity contribution in [1.29, 1.82) is 0 Å². The number of para-hydroxylation sites is 2. The summed E-state index contributed by atoms with van der Waals surface area (Å²) in [5, 5.41) is 10.4. The van der Waals surface area contributed by atoms with Crippen molar-refractivity contribution in [2.75, 3.05) is 49.6 Å². The third kappa shape index (κ3) is 9.29. The number of hydrogen-bond acceptors (Lipinski definition) is 8. The van der Waals surface area contributed by atoms with Gasteiger partial charge >= 0.3 is 18.0 Å². The molecule has 4 aromatic carbocycles. The van der Waals surface area contributed by atoms with Crippen molar-refractivity contribution >= 4 is 57.0 Å². The van der Waals surface area contributed by atoms with Crippen LogP contribution >= 0.6 is 0 Å². The summed E-state index contributed by atoms with van der Waals surface area (Å²) in [6.45, 7) is 2.63. The lowest BCUT2D eigenvalue weighted by Crippen LogP contribution is -2.45. The topological polar surface area (TPSA) is 152 Å². The van der Waals surface area contributed by atoms with Gasteiger partial charge < -0.3 is 20.3 Å². The number of carbonyl (C=O) groups is 4. The summed E-state index contributed by atoms with van der Waals surface area (Å²) in [5.74, 6) is -2.03. The number of fused-ring (bicyclic) bond motifs is 2. The molecule has 62 heavy (non-hydrogen) atoms. The Morgan fingerprint density at radius 3 is 1.50 bits per heavy atom. The first-order chi connectivity index (χ1) is 30.0. The minimum absolute atomic E-state index is 0.0346. The van der Waals surface area contributed by atoms with E-state index in [1.54, 1.807) is 43.7 Å². The number of amides is 4. The average Bonchev–Trinajstić information content (AvgIpc) is 3.89. The van der Waals surface area contributed by atoms with Crippen molar-refractivity contribution in [3.63, 3.8) is 0 Å². The second kappa shape index (κ2) is 19.4. The van der Waals surface area contributed by atoms with E-state index in [9.17, 15) is 28.0 Å². The molecule has 2 aliphatic rings. The lowest BCUT2D eigenvalue weighted by atomic mass is 10.1. The maximum absolute atomic E-state index is 14.9. The molecule has 0 spiro atoms. The summed E-state index contributed by atoms with van der Waals surface area (Å²) >= 11 is 0. The van der Waals surface area contributed by atoms with E-state index < -0.39 is 17.6 Å². The van der Waals surface area contributed by atoms with Crippen molar-refractivity contribution in [3.8, 4) is 0 Å². The zero-order chi connectivity index (χ0) is 43.9. The molecule has 6 aromatic rings. The molecule has 0 bridgehead atoms. The van der Waals surface area contributed by atoms with E-state index >= 15 is 0 Å². The van der Waals surface area contributed by atoms with E-state index in [0.29, 0.717) is 48.7 Å². The number of esters is 1. The fourth-order valence-electron chi connectivity index (χ4n) is 8.11. The SMILES string of the molecule is COC(=O)c1ccc(CN(C(=O)N2CCCCC2)c2cccc3cnn(C)c23)c(F)c1.Cn1ncc2cccc(N(Cc3ccc(C(=O)CN)cc3F)C(=O)N3CCCCC3)c21. The van der Waals surface area contributed by atoms with Gasteiger partial charge in [-0.2, -0.15) is 10.2 Å². The third-order valence-corrected chi connectivity index (χ3v) is 11.5. The van der Waals surface area contributed by atoms with E-state index in [0.717, 1.165) is 66.4 Å². The molecule has 2 N–H and O–H groups in total. The standard InChI is InChI=1S/C23H26FN5O2.C23H25FN4O3/c1-27-22-17(14-26-27)6-5-7-20(22)29(23(31)28-10-3-2-4-11-28)15-18-9-8-16(12-19(18)24)21(30)13-25;1-26-21-17(14-25-26)7-6-8-20(21)28(23(30)27-11-4-3-5-12-27)15-18-10-9-16(13-19(18)24)22(29)31-2/h5-9,12,14H,2-4,10-11,13,15,25H2,1H3;6-10,13-14H,3-5,11-12,15H2,1-2H3. The molecular weight excluding hydrogens is 797 g/mol. The zero-order valence-electron chi connectivity index (χ0n) is 35.2. The maximum Gasteiger partial charge on any atom is 0.337 e. The molecule has 0 atom stereocenters. The Hall–Kier alpha value is -6.68. The first-order valence-corrected chi connectivity index (χ1v) is 20.8. The van der Waals surface area contributed by atoms with E-state index in [-0.39, 0.29) is 48.6 Å². The van der Waals surface area contributed by atoms with Crippen LogP contribution in [0.5, 0.6) is 0 Å². The Bertz CT molecular complexity index is 2420. The van der Waals surface area contributed by atoms with Crippen LogP contribution in [0.25, 0.3) is 21.8 Å². The molecule has 2 fully saturated rings. The molecule has 4 amide bonds. The van der Waals surface area contributed by atoms with Crippen molar-refractivity contribution in [1.82, 2.24) is 29.4 Å². The fraction of sp³-hybridized carbons (Fsp3) is 0.348. The number of methoxy groups -OCH3 is 1. The van der Waals surface area contributed by atoms with Gasteiger partial charge in [0.2, 0.25) is 0 Å². The number of rotatable bonds is 9. The van der Waals surface area contributed by atoms with Crippen LogP contribution < -0.4 is 15.5 Å². The zero-order valence-corrected chi connectivity index (χ0v) is 35.2. The number of carbonyl (C=O) groups excluding carboxylic acids is 4. The first kappa shape index (κ1) is 43.4. The van der Waals surface area contributed by atoms with E-state index in [1.165, 1.54) is 25.3 Å². The highest BCUT2D eigenvalue weighted by atomic mass is 19.1. The van der Waals surface area contributed by atoms with Crippen LogP contribution in [0.4, 0.5) is 29.7 Å². The number of ether oxygens (including phenoxy) is 1. The molecule has 0 saturated carbocycles. The molecule has 0 radical (unpaired) electrons. The van der Waals surface area contributed by atoms with Crippen LogP contribution in [0.3, 0.4) is 0 Å². The number of halogens is 2. The molecule has 2 saturated heterocycles. The number of aromatic nitrogens is 4. The predicted molar refractivity (Wildman–Crippen MR) is 233 cm³/mol. The van der Waals surface area contributed by atoms with Gasteiger partial charge in [-0.15, -0.1) is 0 Å². The maximum atomic E-state index is 14.9. The monoisotopic (exact) mass is 847 g/mol. The van der Waals surface area contributed by atoms with Gasteiger partial charge in [0.15, 0.2) is 5.78 Å². The van der Waals surface area contributed by atoms with Crippen molar-refractivity contribution in [3.05, 3.63) is 119 Å². The van der Waals surface area contributed by atoms with Crippen LogP contribution in [0.1, 0.15) is 70.4 Å². The molecule has 0 aliphatic carbocycles. The summed E-state index contributed by atoms with van der Waals surface area (Å²) in [6.07, 6.45) is 9.52. The molecule has 0 unspecified atom stereocenters. The molecule has 2 aromatic heterocycles. The average molecular weight is 848 g/mol. The van der Waals surface area contributed by atoms with Gasteiger partial charge in [0.05, 0.1) is 67.1 Å². The summed E-state index contributed by atoms with van der Waals surface area (Å²) in [5.41, 5.74) is 9.36. The van der Waals surface area contributed by atoms with Gasteiger partial charge in [0, 0.05) is 67.7 Å². The van der Waals surface area contributed by atoms with Crippen molar-refractivity contribution in [2.24, 2.45) is 19.8 Å². The van der Waals surface area contributed by atoms with Crippen molar-refractivity contribution < 1.29 is 32.7 Å². The number of hydrogen-bond donors (Lipinski definition) is 1. The first-order valence-electron chi connectivity index (χ1n) is 20.8. The van der Waals surface area contributed by atoms with E-state index in [2.05, 4.69) is 14.9 Å². The second-order valence-electron chi connectivity index (χ2n) is 15.5. The third-order valence-electron chi connectivity index (χ3n) is 11.5. The van der Waals surface area contributed by atoms with Gasteiger partial charge in [-0.25, -0.2) is 23.2 Å². The Kier molecular flexibility index (Phi) is 13.6. The number of ketones is 1. The highest BCUT2D eigenvalue weighted by Gasteiger charge is 2.29. The lowest BCUT2D eigenvalue weighted by Gasteiger charge is -2.33. The highest BCUT2D eigenvalue weighted by molar-refractivity contribution is 6.03. The normalized spacial score (nSPS) is 14.0. The number of likely N-dealkylation sites (tertiary alicyclic amines) is 2. The molecule has 14 nitrogen and oxygen atoms in total. The van der Waals surface area contributed by atoms with E-state index in [1.807, 2.05) is 60.3 Å². The summed E-state index contributed by atoms with van der Waals surface area (Å²) in [6, 6.07) is 19.5. The Morgan fingerprint density at radius 1 is 0.645 bits per heavy atom. The summed E-state index contributed by atoms with van der Waals surface area (Å²) in [4.78, 5) is 57.5. The molecule has 324 valence electrons. The van der Waals surface area contributed by atoms with Gasteiger partial charge in [-0.05, 0) is 68.9 Å². The molecular formula is C46H51F2N9O5. The van der Waals surface area contributed by atoms with Gasteiger partial charge in [-0.1, -0.05) is 42.5 Å². The predicted octanol–water partition coefficient (Wildman–Crippen LogP) is 7.58. The number of urea groups is 2. The molecule has 16 heteroatoms. The van der Waals surface area contributed by atoms with Crippen LogP contribution in [0.2, 0.25) is 0 Å². The Morgan fingerprint density at radius 2 is 1.08 bits per heavy atom. The number of benzene rings is 4. The molecule has 2 aliphatic heterocycles. The lowest BCUT2D eigenvalue weighted by molar-refractivity contribution is 0.0600. The van der Waals surface area contributed by atoms with Crippen molar-refractivity contribution in [2.45, 2.75) is 51.6 Å². The Labute approximate surface area is 358 Å². The van der Waals surface area contributed by atoms with Crippen LogP contribution in [-0.2, 0) is 31.9 Å². The largest absolute Gasteiger partial charge is 0.465 e. The second-order valence-corrected chi connectivity index (χ2v) is 15.5. The number of piperidine rings is 2. The van der Waals surface area contributed by atoms with Gasteiger partial charge in [-0.3, -0.25) is 24.0 Å². The smallest absolute Gasteiger partial charge is 0.337 e. The van der Waals surface area contributed by atoms with E-state index in [4.69, 9.17) is 5.73 Å². The summed E-state index contributed by atoms with van der Waals surface area (Å²) in [7, 11) is 4.89. The van der Waals surface area contributed by atoms with Crippen LogP contribution in [0, 0.1) is 11.6 Å². The quantitative estimate of drug-likeness (QED) is 0.116. The minimum Gasteiger partial charge on any atom is -0.465 e. The number of nitrogens with zero attached hydrogens (tertiary/aromatic N) is 8. The number of nitrogens with two attached hydrogens (primary N) is 1. The van der Waals surface area contributed by atoms with Gasteiger partial charge in [0.25, 0.3) is 0 Å². The number of aryl methyl sites for hydroxylation is 2. The van der Waals surface area contributed by atoms with Crippen LogP contribution in [0.15, 0.2) is 85.2 Å². The summed E-state index contributed by atoms with van der Waals surface area (Å²) < 4.78 is 37.9. The Balaban J connectivity index is 0.000000186. The van der Waals surface area contributed by atoms with Gasteiger partial charge in [0.1, 0.15) is 11.6 Å². The minimum atomic E-state index is -0.605. The fourth-order valence-corrected chi connectivity index (χ4v) is 8.11.